The van der Waals surface area contributed by atoms with Crippen LogP contribution in [0, 0.1) is 0 Å². The van der Waals surface area contributed by atoms with Crippen molar-refractivity contribution in [3.8, 4) is 0 Å². The Hall–Kier alpha value is -1.89. The van der Waals surface area contributed by atoms with Crippen molar-refractivity contribution in [2.45, 2.75) is 37.8 Å². The van der Waals surface area contributed by atoms with Crippen LogP contribution in [0.4, 0.5) is 0 Å². The number of amides is 1. The Morgan fingerprint density at radius 1 is 1.04 bits per heavy atom. The van der Waals surface area contributed by atoms with Crippen molar-refractivity contribution in [2.24, 2.45) is 0 Å². The van der Waals surface area contributed by atoms with Gasteiger partial charge in [-0.05, 0) is 44.5 Å². The third-order valence-corrected chi connectivity index (χ3v) is 5.45. The molecule has 0 bridgehead atoms. The number of nitrogens with one attached hydrogen (secondary N) is 2. The smallest absolute Gasteiger partial charge is 0.253 e. The molecule has 0 aliphatic heterocycles. The van der Waals surface area contributed by atoms with Gasteiger partial charge in [0, 0.05) is 12.1 Å². The standard InChI is InChI=1S/C18H21ClN2O3S/c1-18(2,3)21-25(23,24)16-11-7-4-8-13(16)12-20-17(22)14-9-5-6-10-15(14)19/h4-11,21H,12H2,1-3H3,(H,20,22). The Labute approximate surface area is 153 Å². The van der Waals surface area contributed by atoms with E-state index >= 15 is 0 Å². The highest BCUT2D eigenvalue weighted by molar-refractivity contribution is 7.89. The summed E-state index contributed by atoms with van der Waals surface area (Å²) in [6.07, 6.45) is 0. The molecule has 0 aliphatic carbocycles. The molecule has 0 saturated heterocycles. The second-order valence-corrected chi connectivity index (χ2v) is 8.68. The molecule has 1 amide bonds. The number of sulfonamides is 1. The number of benzene rings is 2. The van der Waals surface area contributed by atoms with E-state index in [0.717, 1.165) is 0 Å². The van der Waals surface area contributed by atoms with Gasteiger partial charge in [0.05, 0.1) is 15.5 Å². The number of hydrogen-bond acceptors (Lipinski definition) is 3. The fraction of sp³-hybridized carbons (Fsp3) is 0.278. The monoisotopic (exact) mass is 380 g/mol. The van der Waals surface area contributed by atoms with E-state index in [2.05, 4.69) is 10.0 Å². The molecule has 7 heteroatoms. The van der Waals surface area contributed by atoms with Crippen LogP contribution in [0.1, 0.15) is 36.7 Å². The largest absolute Gasteiger partial charge is 0.348 e. The minimum absolute atomic E-state index is 0.0747. The fourth-order valence-corrected chi connectivity index (χ4v) is 4.17. The van der Waals surface area contributed by atoms with E-state index < -0.39 is 15.6 Å². The van der Waals surface area contributed by atoms with Gasteiger partial charge < -0.3 is 5.32 Å². The van der Waals surface area contributed by atoms with Gasteiger partial charge in [-0.2, -0.15) is 0 Å². The zero-order valence-electron chi connectivity index (χ0n) is 14.3. The average molecular weight is 381 g/mol. The van der Waals surface area contributed by atoms with Gasteiger partial charge in [-0.25, -0.2) is 13.1 Å². The Morgan fingerprint density at radius 2 is 1.64 bits per heavy atom. The normalized spacial score (nSPS) is 12.0. The highest BCUT2D eigenvalue weighted by atomic mass is 35.5. The maximum absolute atomic E-state index is 12.6. The van der Waals surface area contributed by atoms with E-state index in [1.54, 1.807) is 63.2 Å². The Morgan fingerprint density at radius 3 is 2.28 bits per heavy atom. The molecule has 0 radical (unpaired) electrons. The molecular weight excluding hydrogens is 360 g/mol. The first-order chi connectivity index (χ1) is 11.6. The highest BCUT2D eigenvalue weighted by Gasteiger charge is 2.24. The molecule has 0 heterocycles. The molecule has 0 unspecified atom stereocenters. The third kappa shape index (κ3) is 5.29. The summed E-state index contributed by atoms with van der Waals surface area (Å²) in [7, 11) is -3.70. The van der Waals surface area contributed by atoms with Crippen LogP contribution in [0.2, 0.25) is 5.02 Å². The summed E-state index contributed by atoms with van der Waals surface area (Å²) in [5.41, 5.74) is 0.240. The summed E-state index contributed by atoms with van der Waals surface area (Å²) >= 11 is 6.01. The summed E-state index contributed by atoms with van der Waals surface area (Å²) in [5, 5.41) is 3.06. The summed E-state index contributed by atoms with van der Waals surface area (Å²) in [4.78, 5) is 12.4. The molecule has 25 heavy (non-hydrogen) atoms. The maximum Gasteiger partial charge on any atom is 0.253 e. The van der Waals surface area contributed by atoms with Gasteiger partial charge in [-0.1, -0.05) is 41.9 Å². The second-order valence-electron chi connectivity index (χ2n) is 6.63. The van der Waals surface area contributed by atoms with Gasteiger partial charge in [0.15, 0.2) is 0 Å². The topological polar surface area (TPSA) is 75.3 Å². The first-order valence-electron chi connectivity index (χ1n) is 7.75. The van der Waals surface area contributed by atoms with Crippen LogP contribution in [-0.2, 0) is 16.6 Å². The fourth-order valence-electron chi connectivity index (χ4n) is 2.29. The number of rotatable bonds is 5. The van der Waals surface area contributed by atoms with Crippen LogP contribution in [0.25, 0.3) is 0 Å². The molecule has 0 spiro atoms. The lowest BCUT2D eigenvalue weighted by Crippen LogP contribution is -2.41. The van der Waals surface area contributed by atoms with Gasteiger partial charge in [0.2, 0.25) is 10.0 Å². The Kier molecular flexibility index (Phi) is 5.87. The molecule has 0 saturated carbocycles. The third-order valence-electron chi connectivity index (χ3n) is 3.26. The molecule has 0 atom stereocenters. The minimum atomic E-state index is -3.70. The van der Waals surface area contributed by atoms with Crippen LogP contribution in [0.15, 0.2) is 53.4 Å². The number of hydrogen-bond donors (Lipinski definition) is 2. The molecule has 5 nitrogen and oxygen atoms in total. The molecular formula is C18H21ClN2O3S. The van der Waals surface area contributed by atoms with Crippen LogP contribution in [0.3, 0.4) is 0 Å². The molecule has 2 aromatic rings. The van der Waals surface area contributed by atoms with Crippen molar-refractivity contribution < 1.29 is 13.2 Å². The lowest BCUT2D eigenvalue weighted by Gasteiger charge is -2.21. The van der Waals surface area contributed by atoms with Gasteiger partial charge in [0.1, 0.15) is 0 Å². The van der Waals surface area contributed by atoms with Crippen molar-refractivity contribution >= 4 is 27.5 Å². The molecule has 0 fully saturated rings. The van der Waals surface area contributed by atoms with E-state index in [9.17, 15) is 13.2 Å². The van der Waals surface area contributed by atoms with Crippen molar-refractivity contribution in [1.82, 2.24) is 10.0 Å². The lowest BCUT2D eigenvalue weighted by molar-refractivity contribution is 0.0950. The van der Waals surface area contributed by atoms with Gasteiger partial charge in [-0.15, -0.1) is 0 Å². The Balaban J connectivity index is 2.22. The molecule has 134 valence electrons. The van der Waals surface area contributed by atoms with Gasteiger partial charge in [0.25, 0.3) is 5.91 Å². The quantitative estimate of drug-likeness (QED) is 0.835. The molecule has 2 N–H and O–H groups in total. The zero-order valence-corrected chi connectivity index (χ0v) is 15.9. The predicted molar refractivity (Wildman–Crippen MR) is 99.1 cm³/mol. The van der Waals surface area contributed by atoms with E-state index in [0.29, 0.717) is 16.1 Å². The van der Waals surface area contributed by atoms with Crippen molar-refractivity contribution in [1.29, 1.82) is 0 Å². The van der Waals surface area contributed by atoms with Crippen LogP contribution in [0.5, 0.6) is 0 Å². The zero-order chi connectivity index (χ0) is 18.7. The Bertz CT molecular complexity index is 874. The van der Waals surface area contributed by atoms with Crippen LogP contribution in [-0.4, -0.2) is 19.9 Å². The second kappa shape index (κ2) is 7.56. The van der Waals surface area contributed by atoms with E-state index in [1.807, 2.05) is 0 Å². The van der Waals surface area contributed by atoms with Crippen LogP contribution < -0.4 is 10.0 Å². The summed E-state index contributed by atoms with van der Waals surface area (Å²) in [6, 6.07) is 13.3. The van der Waals surface area contributed by atoms with Crippen molar-refractivity contribution in [3.05, 3.63) is 64.7 Å². The highest BCUT2D eigenvalue weighted by Crippen LogP contribution is 2.19. The number of carbonyl (C=O) groups is 1. The summed E-state index contributed by atoms with van der Waals surface area (Å²) < 4.78 is 27.8. The lowest BCUT2D eigenvalue weighted by atomic mass is 10.1. The summed E-state index contributed by atoms with van der Waals surface area (Å²) in [5.74, 6) is -0.360. The number of carbonyl (C=O) groups excluding carboxylic acids is 1. The van der Waals surface area contributed by atoms with Crippen molar-refractivity contribution in [2.75, 3.05) is 0 Å². The molecule has 0 aromatic heterocycles. The maximum atomic E-state index is 12.6. The molecule has 2 rings (SSSR count). The number of halogens is 1. The van der Waals surface area contributed by atoms with E-state index in [-0.39, 0.29) is 17.3 Å². The molecule has 0 aliphatic rings. The molecule has 2 aromatic carbocycles. The van der Waals surface area contributed by atoms with E-state index in [1.165, 1.54) is 6.07 Å². The van der Waals surface area contributed by atoms with Crippen molar-refractivity contribution in [3.63, 3.8) is 0 Å². The first kappa shape index (κ1) is 19.4. The van der Waals surface area contributed by atoms with Gasteiger partial charge >= 0.3 is 0 Å². The van der Waals surface area contributed by atoms with E-state index in [4.69, 9.17) is 11.6 Å². The van der Waals surface area contributed by atoms with Gasteiger partial charge in [-0.3, -0.25) is 4.79 Å². The summed E-state index contributed by atoms with van der Waals surface area (Å²) in [6.45, 7) is 5.39. The van der Waals surface area contributed by atoms with Crippen LogP contribution >= 0.6 is 11.6 Å². The minimum Gasteiger partial charge on any atom is -0.348 e. The SMILES string of the molecule is CC(C)(C)NS(=O)(=O)c1ccccc1CNC(=O)c1ccccc1Cl. The first-order valence-corrected chi connectivity index (χ1v) is 9.61. The average Bonchev–Trinajstić information content (AvgIpc) is 2.51. The predicted octanol–water partition coefficient (Wildman–Crippen LogP) is 3.35.